The van der Waals surface area contributed by atoms with E-state index in [9.17, 15) is 0 Å². The molecular formula is C23H24N4OS. The molecule has 0 bridgehead atoms. The van der Waals surface area contributed by atoms with Crippen molar-refractivity contribution in [1.82, 2.24) is 14.8 Å². The van der Waals surface area contributed by atoms with Crippen molar-refractivity contribution in [1.29, 1.82) is 0 Å². The van der Waals surface area contributed by atoms with Gasteiger partial charge < -0.3 is 10.4 Å². The van der Waals surface area contributed by atoms with Crippen molar-refractivity contribution in [2.45, 2.75) is 25.1 Å². The molecule has 3 heterocycles. The van der Waals surface area contributed by atoms with E-state index in [-0.39, 0.29) is 11.9 Å². The molecule has 29 heavy (non-hydrogen) atoms. The zero-order valence-corrected chi connectivity index (χ0v) is 17.6. The normalized spacial score (nSPS) is 18.2. The van der Waals surface area contributed by atoms with Crippen molar-refractivity contribution in [2.75, 3.05) is 17.7 Å². The third-order valence-corrected chi connectivity index (χ3v) is 6.53. The maximum Gasteiger partial charge on any atom is 0.129 e. The molecule has 0 saturated carbocycles. The van der Waals surface area contributed by atoms with Gasteiger partial charge in [0.1, 0.15) is 18.1 Å². The Balaban J connectivity index is 1.87. The lowest BCUT2D eigenvalue weighted by Crippen LogP contribution is -2.18. The summed E-state index contributed by atoms with van der Waals surface area (Å²) in [6.07, 6.45) is 1.81. The Kier molecular flexibility index (Phi) is 5.61. The maximum atomic E-state index is 8.96. The van der Waals surface area contributed by atoms with Gasteiger partial charge >= 0.3 is 0 Å². The average molecular weight is 405 g/mol. The molecular weight excluding hydrogens is 380 g/mol. The molecule has 4 rings (SSSR count). The fourth-order valence-electron chi connectivity index (χ4n) is 3.69. The van der Waals surface area contributed by atoms with Crippen molar-refractivity contribution in [3.05, 3.63) is 64.8 Å². The van der Waals surface area contributed by atoms with Crippen molar-refractivity contribution in [2.24, 2.45) is 7.05 Å². The zero-order valence-electron chi connectivity index (χ0n) is 16.8. The van der Waals surface area contributed by atoms with Crippen LogP contribution in [0.3, 0.4) is 0 Å². The first-order valence-corrected chi connectivity index (χ1v) is 10.7. The van der Waals surface area contributed by atoms with E-state index >= 15 is 0 Å². The first-order chi connectivity index (χ1) is 14.1. The first kappa shape index (κ1) is 19.6. The second kappa shape index (κ2) is 8.32. The quantitative estimate of drug-likeness (QED) is 0.637. The van der Waals surface area contributed by atoms with Crippen LogP contribution in [0.1, 0.15) is 34.4 Å². The highest BCUT2D eigenvalue weighted by atomic mass is 32.2. The van der Waals surface area contributed by atoms with E-state index in [0.717, 1.165) is 28.5 Å². The number of aliphatic hydroxyl groups excluding tert-OH is 1. The van der Waals surface area contributed by atoms with Crippen LogP contribution in [-0.2, 0) is 7.05 Å². The Labute approximate surface area is 175 Å². The van der Waals surface area contributed by atoms with Gasteiger partial charge in [-0.1, -0.05) is 24.0 Å². The van der Waals surface area contributed by atoms with Crippen LogP contribution >= 0.6 is 11.8 Å². The number of pyridine rings is 1. The molecule has 2 atom stereocenters. The number of nitrogens with one attached hydrogen (secondary N) is 1. The van der Waals surface area contributed by atoms with Gasteiger partial charge in [0, 0.05) is 36.2 Å². The average Bonchev–Trinajstić information content (AvgIpc) is 2.93. The highest BCUT2D eigenvalue weighted by Gasteiger charge is 2.31. The van der Waals surface area contributed by atoms with Crippen molar-refractivity contribution in [3.63, 3.8) is 0 Å². The van der Waals surface area contributed by atoms with Gasteiger partial charge in [0.05, 0.1) is 10.9 Å². The topological polar surface area (TPSA) is 63.0 Å². The second-order valence-electron chi connectivity index (χ2n) is 7.24. The summed E-state index contributed by atoms with van der Waals surface area (Å²) in [5.41, 5.74) is 6.34. The number of rotatable bonds is 2. The van der Waals surface area contributed by atoms with Gasteiger partial charge in [0.15, 0.2) is 0 Å². The molecule has 0 fully saturated rings. The number of aromatic nitrogens is 3. The molecule has 0 saturated heterocycles. The number of aryl methyl sites for hydroxylation is 2. The minimum absolute atomic E-state index is 0.130. The Morgan fingerprint density at radius 3 is 2.90 bits per heavy atom. The third-order valence-electron chi connectivity index (χ3n) is 5.01. The summed E-state index contributed by atoms with van der Waals surface area (Å²) in [6.45, 7) is 4.20. The minimum Gasteiger partial charge on any atom is -0.384 e. The van der Waals surface area contributed by atoms with Crippen LogP contribution in [0.4, 0.5) is 5.82 Å². The van der Waals surface area contributed by atoms with Gasteiger partial charge in [-0.3, -0.25) is 9.67 Å². The van der Waals surface area contributed by atoms with Crippen LogP contribution in [-0.4, -0.2) is 38.3 Å². The summed E-state index contributed by atoms with van der Waals surface area (Å²) in [7, 11) is 1.98. The van der Waals surface area contributed by atoms with Crippen molar-refractivity contribution >= 4 is 17.6 Å². The Morgan fingerprint density at radius 1 is 1.31 bits per heavy atom. The van der Waals surface area contributed by atoms with Gasteiger partial charge in [-0.25, -0.2) is 0 Å². The molecule has 2 N–H and O–H groups in total. The van der Waals surface area contributed by atoms with E-state index in [1.165, 1.54) is 16.7 Å². The number of thioether (sulfide) groups is 1. The number of fused-ring (bicyclic) bond motifs is 1. The molecule has 0 spiro atoms. The van der Waals surface area contributed by atoms with E-state index in [1.807, 2.05) is 54.0 Å². The van der Waals surface area contributed by atoms with Crippen molar-refractivity contribution in [3.8, 4) is 23.2 Å². The molecule has 5 nitrogen and oxygen atoms in total. The smallest absolute Gasteiger partial charge is 0.129 e. The SMILES string of the molecule is Cc1cc(C#CCO)ccc1[C@@H]1SC[C@H](C)Nc2c1c(-c1ccccn1)nn2C. The predicted molar refractivity (Wildman–Crippen MR) is 119 cm³/mol. The highest BCUT2D eigenvalue weighted by molar-refractivity contribution is 7.99. The Morgan fingerprint density at radius 2 is 2.17 bits per heavy atom. The minimum atomic E-state index is -0.130. The summed E-state index contributed by atoms with van der Waals surface area (Å²) < 4.78 is 1.94. The lowest BCUT2D eigenvalue weighted by Gasteiger charge is -2.19. The Bertz CT molecular complexity index is 1080. The van der Waals surface area contributed by atoms with E-state index in [0.29, 0.717) is 6.04 Å². The number of hydrogen-bond acceptors (Lipinski definition) is 5. The lowest BCUT2D eigenvalue weighted by atomic mass is 9.96. The second-order valence-corrected chi connectivity index (χ2v) is 8.38. The predicted octanol–water partition coefficient (Wildman–Crippen LogP) is 3.77. The summed E-state index contributed by atoms with van der Waals surface area (Å²) in [6, 6.07) is 12.6. The van der Waals surface area contributed by atoms with E-state index in [2.05, 4.69) is 48.1 Å². The highest BCUT2D eigenvalue weighted by Crippen LogP contribution is 2.47. The number of anilines is 1. The molecule has 2 aromatic heterocycles. The lowest BCUT2D eigenvalue weighted by molar-refractivity contribution is 0.350. The van der Waals surface area contributed by atoms with Gasteiger partial charge in [0.2, 0.25) is 0 Å². The zero-order chi connectivity index (χ0) is 20.4. The molecule has 148 valence electrons. The van der Waals surface area contributed by atoms with Crippen LogP contribution in [0.2, 0.25) is 0 Å². The fraction of sp³-hybridized carbons (Fsp3) is 0.304. The van der Waals surface area contributed by atoms with Gasteiger partial charge in [-0.05, 0) is 49.2 Å². The molecule has 0 amide bonds. The van der Waals surface area contributed by atoms with Gasteiger partial charge in [-0.2, -0.15) is 5.10 Å². The molecule has 0 aliphatic carbocycles. The standard InChI is InChI=1S/C23H24N4OS/c1-15-13-17(7-6-12-28)9-10-18(15)22-20-21(19-8-4-5-11-24-19)26-27(3)23(20)25-16(2)14-29-22/h4-5,8-11,13,16,22,25,28H,12,14H2,1-3H3/t16-,22-/m0/s1. The molecule has 3 aromatic rings. The number of aliphatic hydroxyl groups is 1. The summed E-state index contributed by atoms with van der Waals surface area (Å²) in [5, 5.41) is 17.6. The van der Waals surface area contributed by atoms with Crippen LogP contribution < -0.4 is 5.32 Å². The molecule has 0 unspecified atom stereocenters. The van der Waals surface area contributed by atoms with E-state index in [1.54, 1.807) is 0 Å². The van der Waals surface area contributed by atoms with Crippen LogP contribution in [0.5, 0.6) is 0 Å². The number of benzene rings is 1. The fourth-order valence-corrected chi connectivity index (χ4v) is 5.08. The number of nitrogens with zero attached hydrogens (tertiary/aromatic N) is 3. The van der Waals surface area contributed by atoms with Crippen LogP contribution in [0.25, 0.3) is 11.4 Å². The molecule has 1 aliphatic rings. The van der Waals surface area contributed by atoms with Crippen molar-refractivity contribution < 1.29 is 5.11 Å². The third kappa shape index (κ3) is 3.89. The van der Waals surface area contributed by atoms with E-state index < -0.39 is 0 Å². The maximum absolute atomic E-state index is 8.96. The Hall–Kier alpha value is -2.75. The van der Waals surface area contributed by atoms with Gasteiger partial charge in [-0.15, -0.1) is 11.8 Å². The monoisotopic (exact) mass is 404 g/mol. The molecule has 0 radical (unpaired) electrons. The molecule has 6 heteroatoms. The van der Waals surface area contributed by atoms with Gasteiger partial charge in [0.25, 0.3) is 0 Å². The molecule has 1 aromatic carbocycles. The summed E-state index contributed by atoms with van der Waals surface area (Å²) in [5.74, 6) is 7.77. The van der Waals surface area contributed by atoms with Crippen LogP contribution in [0, 0.1) is 18.8 Å². The summed E-state index contributed by atoms with van der Waals surface area (Å²) in [4.78, 5) is 4.56. The first-order valence-electron chi connectivity index (χ1n) is 9.65. The molecule has 1 aliphatic heterocycles. The number of hydrogen-bond donors (Lipinski definition) is 2. The van der Waals surface area contributed by atoms with E-state index in [4.69, 9.17) is 10.2 Å². The van der Waals surface area contributed by atoms with Crippen LogP contribution in [0.15, 0.2) is 42.6 Å². The largest absolute Gasteiger partial charge is 0.384 e. The summed E-state index contributed by atoms with van der Waals surface area (Å²) >= 11 is 1.93.